The first-order valence-corrected chi connectivity index (χ1v) is 10.5. The fraction of sp³-hybridized carbons (Fsp3) is 0.333. The smallest absolute Gasteiger partial charge is 0.338 e. The summed E-state index contributed by atoms with van der Waals surface area (Å²) in [6, 6.07) is 8.49. The van der Waals surface area contributed by atoms with Crippen molar-refractivity contribution in [3.63, 3.8) is 0 Å². The Kier molecular flexibility index (Phi) is 7.42. The molecule has 33 heavy (non-hydrogen) atoms. The molecule has 0 aromatic heterocycles. The lowest BCUT2D eigenvalue weighted by Gasteiger charge is -2.17. The van der Waals surface area contributed by atoms with Crippen molar-refractivity contribution in [3.05, 3.63) is 64.5 Å². The van der Waals surface area contributed by atoms with E-state index in [1.54, 1.807) is 6.07 Å². The van der Waals surface area contributed by atoms with E-state index in [0.29, 0.717) is 18.5 Å². The third-order valence-electron chi connectivity index (χ3n) is 5.33. The van der Waals surface area contributed by atoms with Crippen molar-refractivity contribution in [1.29, 1.82) is 0 Å². The molecule has 8 nitrogen and oxygen atoms in total. The van der Waals surface area contributed by atoms with Gasteiger partial charge in [-0.1, -0.05) is 19.4 Å². The molecule has 9 heteroatoms. The maximum Gasteiger partial charge on any atom is 0.338 e. The van der Waals surface area contributed by atoms with E-state index >= 15 is 0 Å². The maximum absolute atomic E-state index is 13.8. The molecule has 0 bridgehead atoms. The number of methoxy groups -OCH3 is 1. The third kappa shape index (κ3) is 5.19. The molecule has 0 radical (unpaired) electrons. The van der Waals surface area contributed by atoms with Crippen LogP contribution in [0.25, 0.3) is 0 Å². The average molecular weight is 456 g/mol. The molecule has 3 rings (SSSR count). The lowest BCUT2D eigenvalue weighted by atomic mass is 10.1. The topological polar surface area (TPSA) is 93.2 Å². The standard InChI is InChI=1S/C24H25FN2O6/c1-4-5-10-27-22(29)17-8-7-16(12-18(17)23(27)30)24(31)33-14-21(28)26(2)13-15-6-9-20(32-3)19(25)11-15/h6-9,11-12H,4-5,10,13-14H2,1-3H3. The van der Waals surface area contributed by atoms with Crippen molar-refractivity contribution in [1.82, 2.24) is 9.80 Å². The highest BCUT2D eigenvalue weighted by Crippen LogP contribution is 2.25. The summed E-state index contributed by atoms with van der Waals surface area (Å²) < 4.78 is 23.8. The molecule has 0 fully saturated rings. The molecule has 0 spiro atoms. The minimum absolute atomic E-state index is 0.0694. The number of imide groups is 1. The van der Waals surface area contributed by atoms with E-state index in [1.807, 2.05) is 6.92 Å². The Morgan fingerprint density at radius 1 is 1.06 bits per heavy atom. The van der Waals surface area contributed by atoms with Gasteiger partial charge in [-0.2, -0.15) is 0 Å². The Hall–Kier alpha value is -3.75. The van der Waals surface area contributed by atoms with Gasteiger partial charge >= 0.3 is 5.97 Å². The van der Waals surface area contributed by atoms with Crippen LogP contribution in [-0.2, 0) is 16.1 Å². The van der Waals surface area contributed by atoms with E-state index in [0.717, 1.165) is 6.42 Å². The monoisotopic (exact) mass is 456 g/mol. The van der Waals surface area contributed by atoms with Crippen LogP contribution in [0.3, 0.4) is 0 Å². The Morgan fingerprint density at radius 2 is 1.79 bits per heavy atom. The van der Waals surface area contributed by atoms with Gasteiger partial charge in [-0.05, 0) is 42.3 Å². The number of hydrogen-bond donors (Lipinski definition) is 0. The quantitative estimate of drug-likeness (QED) is 0.425. The Labute approximate surface area is 190 Å². The van der Waals surface area contributed by atoms with E-state index in [1.165, 1.54) is 54.3 Å². The molecule has 0 atom stereocenters. The molecule has 0 saturated carbocycles. The Morgan fingerprint density at radius 3 is 2.45 bits per heavy atom. The molecule has 1 aliphatic heterocycles. The summed E-state index contributed by atoms with van der Waals surface area (Å²) in [6.45, 7) is 1.86. The number of carbonyl (C=O) groups is 4. The first-order chi connectivity index (χ1) is 15.8. The number of unbranched alkanes of at least 4 members (excludes halogenated alkanes) is 1. The summed E-state index contributed by atoms with van der Waals surface area (Å²) in [5.41, 5.74) is 1.01. The molecule has 2 aromatic carbocycles. The van der Waals surface area contributed by atoms with Gasteiger partial charge in [-0.25, -0.2) is 9.18 Å². The van der Waals surface area contributed by atoms with Crippen LogP contribution in [0.2, 0.25) is 0 Å². The van der Waals surface area contributed by atoms with Crippen LogP contribution in [0.1, 0.15) is 56.4 Å². The summed E-state index contributed by atoms with van der Waals surface area (Å²) in [6.07, 6.45) is 1.53. The van der Waals surface area contributed by atoms with E-state index in [2.05, 4.69) is 0 Å². The van der Waals surface area contributed by atoms with Gasteiger partial charge in [0.2, 0.25) is 0 Å². The zero-order valence-corrected chi connectivity index (χ0v) is 18.7. The lowest BCUT2D eigenvalue weighted by molar-refractivity contribution is -0.133. The summed E-state index contributed by atoms with van der Waals surface area (Å²) in [5, 5.41) is 0. The van der Waals surface area contributed by atoms with Gasteiger partial charge in [-0.15, -0.1) is 0 Å². The first-order valence-electron chi connectivity index (χ1n) is 10.5. The largest absolute Gasteiger partial charge is 0.494 e. The number of fused-ring (bicyclic) bond motifs is 1. The predicted octanol–water partition coefficient (Wildman–Crippen LogP) is 3.05. The summed E-state index contributed by atoms with van der Waals surface area (Å²) in [5.74, 6) is -2.54. The molecule has 1 aliphatic rings. The first kappa shape index (κ1) is 23.9. The summed E-state index contributed by atoms with van der Waals surface area (Å²) in [4.78, 5) is 52.2. The molecule has 174 valence electrons. The second-order valence-electron chi connectivity index (χ2n) is 7.67. The van der Waals surface area contributed by atoms with E-state index in [4.69, 9.17) is 9.47 Å². The lowest BCUT2D eigenvalue weighted by Crippen LogP contribution is -2.31. The molecular weight excluding hydrogens is 431 g/mol. The van der Waals surface area contributed by atoms with Gasteiger partial charge in [0.05, 0.1) is 23.8 Å². The second-order valence-corrected chi connectivity index (χ2v) is 7.67. The van der Waals surface area contributed by atoms with Crippen molar-refractivity contribution in [2.45, 2.75) is 26.3 Å². The van der Waals surface area contributed by atoms with Crippen molar-refractivity contribution >= 4 is 23.7 Å². The zero-order chi connectivity index (χ0) is 24.1. The highest BCUT2D eigenvalue weighted by atomic mass is 19.1. The van der Waals surface area contributed by atoms with Crippen molar-refractivity contribution < 1.29 is 33.0 Å². The minimum Gasteiger partial charge on any atom is -0.494 e. The van der Waals surface area contributed by atoms with Gasteiger partial charge in [0.1, 0.15) is 0 Å². The number of amides is 3. The fourth-order valence-corrected chi connectivity index (χ4v) is 3.43. The molecular formula is C24H25FN2O6. The third-order valence-corrected chi connectivity index (χ3v) is 5.33. The Bertz CT molecular complexity index is 1100. The van der Waals surface area contributed by atoms with Crippen LogP contribution in [-0.4, -0.2) is 60.8 Å². The van der Waals surface area contributed by atoms with Crippen LogP contribution >= 0.6 is 0 Å². The van der Waals surface area contributed by atoms with Gasteiger partial charge < -0.3 is 14.4 Å². The number of esters is 1. The number of nitrogens with zero attached hydrogens (tertiary/aromatic N) is 2. The SMILES string of the molecule is CCCCN1C(=O)c2ccc(C(=O)OCC(=O)N(C)Cc3ccc(OC)c(F)c3)cc2C1=O. The van der Waals surface area contributed by atoms with E-state index in [-0.39, 0.29) is 34.9 Å². The van der Waals surface area contributed by atoms with Gasteiger partial charge in [-0.3, -0.25) is 19.3 Å². The number of hydrogen-bond acceptors (Lipinski definition) is 6. The van der Waals surface area contributed by atoms with Gasteiger partial charge in [0, 0.05) is 20.1 Å². The second kappa shape index (κ2) is 10.2. The molecule has 0 saturated heterocycles. The number of halogens is 1. The van der Waals surface area contributed by atoms with Crippen molar-refractivity contribution in [2.24, 2.45) is 0 Å². The highest BCUT2D eigenvalue weighted by Gasteiger charge is 2.35. The van der Waals surface area contributed by atoms with Crippen LogP contribution in [0.5, 0.6) is 5.75 Å². The minimum atomic E-state index is -0.790. The average Bonchev–Trinajstić information content (AvgIpc) is 3.04. The summed E-state index contributed by atoms with van der Waals surface area (Å²) in [7, 11) is 2.86. The molecule has 2 aromatic rings. The molecule has 1 heterocycles. The maximum atomic E-state index is 13.8. The van der Waals surface area contributed by atoms with Gasteiger partial charge in [0.15, 0.2) is 18.2 Å². The zero-order valence-electron chi connectivity index (χ0n) is 18.7. The number of carbonyl (C=O) groups excluding carboxylic acids is 4. The number of likely N-dealkylation sites (N-methyl/N-ethyl adjacent to an activating group) is 1. The normalized spacial score (nSPS) is 12.5. The van der Waals surface area contributed by atoms with E-state index in [9.17, 15) is 23.6 Å². The van der Waals surface area contributed by atoms with Crippen LogP contribution < -0.4 is 4.74 Å². The van der Waals surface area contributed by atoms with Crippen LogP contribution in [0, 0.1) is 5.82 Å². The summed E-state index contributed by atoms with van der Waals surface area (Å²) >= 11 is 0. The van der Waals surface area contributed by atoms with Crippen LogP contribution in [0.4, 0.5) is 4.39 Å². The number of rotatable bonds is 9. The molecule has 3 amide bonds. The molecule has 0 unspecified atom stereocenters. The van der Waals surface area contributed by atoms with Crippen molar-refractivity contribution in [2.75, 3.05) is 27.3 Å². The predicted molar refractivity (Wildman–Crippen MR) is 116 cm³/mol. The highest BCUT2D eigenvalue weighted by molar-refractivity contribution is 6.22. The number of ether oxygens (including phenoxy) is 2. The fourth-order valence-electron chi connectivity index (χ4n) is 3.43. The van der Waals surface area contributed by atoms with Crippen molar-refractivity contribution in [3.8, 4) is 5.75 Å². The van der Waals surface area contributed by atoms with Crippen LogP contribution in [0.15, 0.2) is 36.4 Å². The van der Waals surface area contributed by atoms with E-state index < -0.39 is 30.2 Å². The Balaban J connectivity index is 1.59. The number of benzene rings is 2. The molecule has 0 aliphatic carbocycles. The molecule has 0 N–H and O–H groups in total. The van der Waals surface area contributed by atoms with Gasteiger partial charge in [0.25, 0.3) is 17.7 Å².